The summed E-state index contributed by atoms with van der Waals surface area (Å²) in [5.74, 6) is 0.642. The van der Waals surface area contributed by atoms with Crippen LogP contribution in [-0.2, 0) is 17.8 Å². The van der Waals surface area contributed by atoms with Crippen molar-refractivity contribution in [3.05, 3.63) is 57.0 Å². The third kappa shape index (κ3) is 4.29. The van der Waals surface area contributed by atoms with E-state index in [-0.39, 0.29) is 12.5 Å². The molecular weight excluding hydrogens is 354 g/mol. The van der Waals surface area contributed by atoms with Crippen LogP contribution in [0.1, 0.15) is 23.6 Å². The zero-order chi connectivity index (χ0) is 18.7. The molecule has 0 aliphatic heterocycles. The Morgan fingerprint density at radius 3 is 2.85 bits per heavy atom. The molecular formula is C18H20ClN5O2. The van der Waals surface area contributed by atoms with Gasteiger partial charge in [-0.1, -0.05) is 11.6 Å². The van der Waals surface area contributed by atoms with Gasteiger partial charge in [-0.25, -0.2) is 9.78 Å². The van der Waals surface area contributed by atoms with Crippen LogP contribution in [0.25, 0.3) is 11.0 Å². The van der Waals surface area contributed by atoms with Gasteiger partial charge in [0.15, 0.2) is 0 Å². The summed E-state index contributed by atoms with van der Waals surface area (Å²) >= 11 is 5.96. The largest absolute Gasteiger partial charge is 0.355 e. The zero-order valence-corrected chi connectivity index (χ0v) is 15.4. The Bertz CT molecular complexity index is 1010. The minimum atomic E-state index is -0.404. The predicted molar refractivity (Wildman–Crippen MR) is 100 cm³/mol. The summed E-state index contributed by atoms with van der Waals surface area (Å²) in [6, 6.07) is 7.29. The topological polar surface area (TPSA) is 92.7 Å². The number of carbonyl (C=O) groups excluding carboxylic acids is 1. The van der Waals surface area contributed by atoms with Gasteiger partial charge in [-0.2, -0.15) is 4.98 Å². The lowest BCUT2D eigenvalue weighted by Crippen LogP contribution is -2.35. The maximum Gasteiger partial charge on any atom is 0.348 e. The van der Waals surface area contributed by atoms with Crippen molar-refractivity contribution in [2.45, 2.75) is 33.2 Å². The molecule has 7 nitrogen and oxygen atoms in total. The number of carbonyl (C=O) groups is 1. The highest BCUT2D eigenvalue weighted by atomic mass is 35.5. The number of aromatic amines is 1. The highest BCUT2D eigenvalue weighted by Gasteiger charge is 2.08. The maximum atomic E-state index is 12.1. The van der Waals surface area contributed by atoms with E-state index in [0.717, 1.165) is 29.0 Å². The monoisotopic (exact) mass is 373 g/mol. The quantitative estimate of drug-likeness (QED) is 0.647. The zero-order valence-electron chi connectivity index (χ0n) is 14.7. The normalized spacial score (nSPS) is 11.0. The lowest BCUT2D eigenvalue weighted by molar-refractivity contribution is -0.121. The Balaban J connectivity index is 1.50. The maximum absolute atomic E-state index is 12.1. The average molecular weight is 374 g/mol. The van der Waals surface area contributed by atoms with Gasteiger partial charge in [0, 0.05) is 29.4 Å². The molecule has 0 fully saturated rings. The Morgan fingerprint density at radius 2 is 2.08 bits per heavy atom. The molecule has 0 radical (unpaired) electrons. The Labute approximate surface area is 155 Å². The summed E-state index contributed by atoms with van der Waals surface area (Å²) in [7, 11) is 0. The Kier molecular flexibility index (Phi) is 5.37. The van der Waals surface area contributed by atoms with E-state index in [9.17, 15) is 9.59 Å². The van der Waals surface area contributed by atoms with Gasteiger partial charge < -0.3 is 10.3 Å². The third-order valence-corrected chi connectivity index (χ3v) is 4.29. The van der Waals surface area contributed by atoms with E-state index in [0.29, 0.717) is 23.7 Å². The minimum Gasteiger partial charge on any atom is -0.355 e. The van der Waals surface area contributed by atoms with Crippen molar-refractivity contribution >= 4 is 28.5 Å². The second-order valence-electron chi connectivity index (χ2n) is 6.21. The van der Waals surface area contributed by atoms with Crippen LogP contribution in [0.15, 0.2) is 29.1 Å². The van der Waals surface area contributed by atoms with Crippen molar-refractivity contribution in [2.24, 2.45) is 0 Å². The van der Waals surface area contributed by atoms with E-state index in [1.807, 2.05) is 12.1 Å². The minimum absolute atomic E-state index is 0.0267. The van der Waals surface area contributed by atoms with Crippen LogP contribution >= 0.6 is 11.6 Å². The fourth-order valence-corrected chi connectivity index (χ4v) is 2.98. The van der Waals surface area contributed by atoms with Crippen molar-refractivity contribution in [1.82, 2.24) is 24.8 Å². The second kappa shape index (κ2) is 7.70. The summed E-state index contributed by atoms with van der Waals surface area (Å²) < 4.78 is 1.37. The van der Waals surface area contributed by atoms with Gasteiger partial charge in [0.1, 0.15) is 12.4 Å². The summed E-state index contributed by atoms with van der Waals surface area (Å²) in [6.07, 6.45) is 1.44. The number of aryl methyl sites for hydroxylation is 3. The number of rotatable bonds is 6. The Hall–Kier alpha value is -2.67. The van der Waals surface area contributed by atoms with E-state index in [4.69, 9.17) is 11.6 Å². The van der Waals surface area contributed by atoms with Gasteiger partial charge in [-0.05, 0) is 44.5 Å². The lowest BCUT2D eigenvalue weighted by atomic mass is 10.3. The highest BCUT2D eigenvalue weighted by molar-refractivity contribution is 6.31. The average Bonchev–Trinajstić information content (AvgIpc) is 2.96. The van der Waals surface area contributed by atoms with Crippen molar-refractivity contribution in [1.29, 1.82) is 0 Å². The molecule has 0 aliphatic carbocycles. The second-order valence-corrected chi connectivity index (χ2v) is 6.64. The van der Waals surface area contributed by atoms with Crippen molar-refractivity contribution in [3.63, 3.8) is 0 Å². The molecule has 2 heterocycles. The smallest absolute Gasteiger partial charge is 0.348 e. The number of hydrogen-bond donors (Lipinski definition) is 2. The number of aromatic nitrogens is 4. The molecule has 8 heteroatoms. The molecule has 0 unspecified atom stereocenters. The summed E-state index contributed by atoms with van der Waals surface area (Å²) in [4.78, 5) is 35.5. The van der Waals surface area contributed by atoms with Crippen molar-refractivity contribution < 1.29 is 4.79 Å². The lowest BCUT2D eigenvalue weighted by Gasteiger charge is -2.10. The third-order valence-electron chi connectivity index (χ3n) is 4.05. The first-order chi connectivity index (χ1) is 12.4. The molecule has 0 bridgehead atoms. The van der Waals surface area contributed by atoms with E-state index in [1.54, 1.807) is 26.0 Å². The molecule has 3 rings (SSSR count). The highest BCUT2D eigenvalue weighted by Crippen LogP contribution is 2.17. The van der Waals surface area contributed by atoms with E-state index in [1.165, 1.54) is 4.57 Å². The van der Waals surface area contributed by atoms with Crippen LogP contribution in [0, 0.1) is 13.8 Å². The van der Waals surface area contributed by atoms with Crippen LogP contribution < -0.4 is 11.0 Å². The summed E-state index contributed by atoms with van der Waals surface area (Å²) in [5, 5.41) is 3.49. The summed E-state index contributed by atoms with van der Waals surface area (Å²) in [6.45, 7) is 4.02. The number of amides is 1. The SMILES string of the molecule is Cc1cc(C)n(CC(=O)NCCCc2nc3ccc(Cl)cc3[nH]2)c(=O)n1. The number of halogens is 1. The molecule has 26 heavy (non-hydrogen) atoms. The number of nitrogens with zero attached hydrogens (tertiary/aromatic N) is 3. The molecule has 2 aromatic heterocycles. The fourth-order valence-electron chi connectivity index (χ4n) is 2.80. The molecule has 0 spiro atoms. The number of fused-ring (bicyclic) bond motifs is 1. The van der Waals surface area contributed by atoms with E-state index >= 15 is 0 Å². The molecule has 136 valence electrons. The van der Waals surface area contributed by atoms with Crippen LogP contribution in [-0.4, -0.2) is 32.0 Å². The van der Waals surface area contributed by atoms with Gasteiger partial charge in [0.05, 0.1) is 11.0 Å². The molecule has 3 aromatic rings. The number of imidazole rings is 1. The van der Waals surface area contributed by atoms with Gasteiger partial charge in [-0.15, -0.1) is 0 Å². The fraction of sp³-hybridized carbons (Fsp3) is 0.333. The standard InChI is InChI=1S/C18H20ClN5O2/c1-11-8-12(2)24(18(26)21-11)10-17(25)20-7-3-4-16-22-14-6-5-13(19)9-15(14)23-16/h5-6,8-9H,3-4,7,10H2,1-2H3,(H,20,25)(H,22,23). The van der Waals surface area contributed by atoms with E-state index in [2.05, 4.69) is 20.3 Å². The Morgan fingerprint density at radius 1 is 1.27 bits per heavy atom. The van der Waals surface area contributed by atoms with Gasteiger partial charge in [0.25, 0.3) is 0 Å². The van der Waals surface area contributed by atoms with Crippen molar-refractivity contribution in [3.8, 4) is 0 Å². The van der Waals surface area contributed by atoms with E-state index < -0.39 is 5.69 Å². The van der Waals surface area contributed by atoms with Gasteiger partial charge >= 0.3 is 5.69 Å². The predicted octanol–water partition coefficient (Wildman–Crippen LogP) is 2.14. The molecule has 0 saturated heterocycles. The van der Waals surface area contributed by atoms with Crippen molar-refractivity contribution in [2.75, 3.05) is 6.54 Å². The molecule has 0 aliphatic rings. The van der Waals surface area contributed by atoms with Crippen LogP contribution in [0.5, 0.6) is 0 Å². The first-order valence-corrected chi connectivity index (χ1v) is 8.76. The molecule has 1 aromatic carbocycles. The number of nitrogens with one attached hydrogen (secondary N) is 2. The van der Waals surface area contributed by atoms with Gasteiger partial charge in [0.2, 0.25) is 5.91 Å². The van der Waals surface area contributed by atoms with Crippen LogP contribution in [0.3, 0.4) is 0 Å². The van der Waals surface area contributed by atoms with Crippen LogP contribution in [0.4, 0.5) is 0 Å². The number of H-pyrrole nitrogens is 1. The molecule has 1 amide bonds. The molecule has 0 saturated carbocycles. The first kappa shape index (κ1) is 18.1. The number of hydrogen-bond acceptors (Lipinski definition) is 4. The molecule has 2 N–H and O–H groups in total. The molecule has 0 atom stereocenters. The van der Waals surface area contributed by atoms with Gasteiger partial charge in [-0.3, -0.25) is 9.36 Å². The van der Waals surface area contributed by atoms with Crippen LogP contribution in [0.2, 0.25) is 5.02 Å². The summed E-state index contributed by atoms with van der Waals surface area (Å²) in [5.41, 5.74) is 2.74. The first-order valence-electron chi connectivity index (χ1n) is 8.38. The number of benzene rings is 1.